The summed E-state index contributed by atoms with van der Waals surface area (Å²) in [4.78, 5) is 19.3. The largest absolute Gasteiger partial charge is 0.467 e. The van der Waals surface area contributed by atoms with Gasteiger partial charge in [0.05, 0.1) is 18.8 Å². The molecule has 0 aromatic carbocycles. The first-order chi connectivity index (χ1) is 9.86. The summed E-state index contributed by atoms with van der Waals surface area (Å²) in [5, 5.41) is 0. The number of rotatable bonds is 4. The highest BCUT2D eigenvalue weighted by Gasteiger charge is 2.27. The predicted molar refractivity (Wildman–Crippen MR) is 73.0 cm³/mol. The molecule has 20 heavy (non-hydrogen) atoms. The lowest BCUT2D eigenvalue weighted by Gasteiger charge is -2.23. The van der Waals surface area contributed by atoms with Crippen molar-refractivity contribution in [1.29, 1.82) is 0 Å². The number of hydrogen-bond acceptors (Lipinski definition) is 6. The van der Waals surface area contributed by atoms with Crippen molar-refractivity contribution in [3.8, 4) is 6.01 Å². The molecule has 6 heteroatoms. The van der Waals surface area contributed by atoms with Crippen LogP contribution in [0.4, 0.5) is 0 Å². The molecule has 0 unspecified atom stereocenters. The minimum absolute atomic E-state index is 0.339. The van der Waals surface area contributed by atoms with E-state index in [0.29, 0.717) is 12.1 Å². The topological polar surface area (TPSA) is 64.0 Å². The summed E-state index contributed by atoms with van der Waals surface area (Å²) >= 11 is 0. The number of aromatic nitrogens is 4. The first-order valence-electron chi connectivity index (χ1n) is 6.71. The van der Waals surface area contributed by atoms with E-state index in [0.717, 1.165) is 30.8 Å². The predicted octanol–water partition coefficient (Wildman–Crippen LogP) is 1.61. The highest BCUT2D eigenvalue weighted by atomic mass is 16.5. The van der Waals surface area contributed by atoms with Crippen LogP contribution in [0.2, 0.25) is 0 Å². The number of methoxy groups -OCH3 is 1. The molecule has 1 atom stereocenters. The summed E-state index contributed by atoms with van der Waals surface area (Å²) < 4.78 is 4.98. The Kier molecular flexibility index (Phi) is 3.83. The molecule has 1 aliphatic rings. The van der Waals surface area contributed by atoms with Gasteiger partial charge in [-0.05, 0) is 19.4 Å². The lowest BCUT2D eigenvalue weighted by atomic mass is 10.1. The normalized spacial score (nSPS) is 19.1. The van der Waals surface area contributed by atoms with Crippen LogP contribution in [0.5, 0.6) is 6.01 Å². The molecule has 2 aromatic heterocycles. The van der Waals surface area contributed by atoms with Crippen LogP contribution in [-0.4, -0.2) is 38.5 Å². The summed E-state index contributed by atoms with van der Waals surface area (Å²) in [5.74, 6) is 0. The Bertz CT molecular complexity index is 545. The fourth-order valence-electron chi connectivity index (χ4n) is 2.60. The van der Waals surface area contributed by atoms with Gasteiger partial charge in [0, 0.05) is 43.1 Å². The van der Waals surface area contributed by atoms with Crippen molar-refractivity contribution in [3.05, 3.63) is 42.2 Å². The van der Waals surface area contributed by atoms with Crippen molar-refractivity contribution < 1.29 is 4.74 Å². The maximum atomic E-state index is 4.98. The summed E-state index contributed by atoms with van der Waals surface area (Å²) in [7, 11) is 1.57. The maximum absolute atomic E-state index is 4.98. The molecule has 0 aliphatic carbocycles. The number of likely N-dealkylation sites (tertiary alicyclic amines) is 1. The average molecular weight is 271 g/mol. The third-order valence-corrected chi connectivity index (χ3v) is 3.54. The van der Waals surface area contributed by atoms with Gasteiger partial charge in [-0.2, -0.15) is 0 Å². The van der Waals surface area contributed by atoms with E-state index in [1.54, 1.807) is 19.5 Å². The Morgan fingerprint density at radius 2 is 2.05 bits per heavy atom. The van der Waals surface area contributed by atoms with Crippen LogP contribution in [0.25, 0.3) is 0 Å². The molecule has 2 aromatic rings. The van der Waals surface area contributed by atoms with Crippen LogP contribution in [0.15, 0.2) is 31.0 Å². The third kappa shape index (κ3) is 2.75. The van der Waals surface area contributed by atoms with E-state index in [9.17, 15) is 0 Å². The van der Waals surface area contributed by atoms with E-state index in [1.807, 2.05) is 18.6 Å². The molecule has 0 saturated carbocycles. The zero-order valence-corrected chi connectivity index (χ0v) is 11.4. The van der Waals surface area contributed by atoms with E-state index in [2.05, 4.69) is 24.8 Å². The van der Waals surface area contributed by atoms with Crippen molar-refractivity contribution in [2.75, 3.05) is 13.7 Å². The van der Waals surface area contributed by atoms with Gasteiger partial charge in [0.25, 0.3) is 0 Å². The van der Waals surface area contributed by atoms with Crippen molar-refractivity contribution >= 4 is 0 Å². The molecule has 104 valence electrons. The number of ether oxygens (including phenoxy) is 1. The monoisotopic (exact) mass is 271 g/mol. The molecule has 0 amide bonds. The standard InChI is InChI=1S/C14H17N5O/c1-20-14-17-7-11(8-18-14)10-19-6-2-3-13(19)12-9-15-4-5-16-12/h4-5,7-9,13H,2-3,6,10H2,1H3/t13-/m1/s1. The lowest BCUT2D eigenvalue weighted by Crippen LogP contribution is -2.23. The van der Waals surface area contributed by atoms with Gasteiger partial charge >= 0.3 is 6.01 Å². The molecule has 6 nitrogen and oxygen atoms in total. The zero-order chi connectivity index (χ0) is 13.8. The van der Waals surface area contributed by atoms with Crippen LogP contribution in [0.3, 0.4) is 0 Å². The second-order valence-corrected chi connectivity index (χ2v) is 4.84. The summed E-state index contributed by atoms with van der Waals surface area (Å²) in [6.07, 6.45) is 11.2. The van der Waals surface area contributed by atoms with E-state index in [4.69, 9.17) is 4.74 Å². The number of hydrogen-bond donors (Lipinski definition) is 0. The minimum atomic E-state index is 0.339. The fraction of sp³-hybridized carbons (Fsp3) is 0.429. The van der Waals surface area contributed by atoms with Gasteiger partial charge in [-0.15, -0.1) is 0 Å². The quantitative estimate of drug-likeness (QED) is 0.842. The van der Waals surface area contributed by atoms with Gasteiger partial charge in [0.1, 0.15) is 0 Å². The molecule has 0 N–H and O–H groups in total. The molecular formula is C14H17N5O. The number of nitrogens with zero attached hydrogens (tertiary/aromatic N) is 5. The SMILES string of the molecule is COc1ncc(CN2CCC[C@@H]2c2cnccn2)cn1. The van der Waals surface area contributed by atoms with Crippen LogP contribution >= 0.6 is 0 Å². The van der Waals surface area contributed by atoms with Crippen molar-refractivity contribution in [2.45, 2.75) is 25.4 Å². The first-order valence-corrected chi connectivity index (χ1v) is 6.71. The van der Waals surface area contributed by atoms with Crippen molar-refractivity contribution in [2.24, 2.45) is 0 Å². The Morgan fingerprint density at radius 3 is 2.75 bits per heavy atom. The molecule has 1 aliphatic heterocycles. The van der Waals surface area contributed by atoms with Gasteiger partial charge in [-0.3, -0.25) is 14.9 Å². The van der Waals surface area contributed by atoms with E-state index < -0.39 is 0 Å². The Balaban J connectivity index is 1.72. The Morgan fingerprint density at radius 1 is 1.20 bits per heavy atom. The van der Waals surface area contributed by atoms with Crippen LogP contribution in [0.1, 0.15) is 30.1 Å². The van der Waals surface area contributed by atoms with Crippen molar-refractivity contribution in [1.82, 2.24) is 24.8 Å². The van der Waals surface area contributed by atoms with Gasteiger partial charge in [-0.25, -0.2) is 9.97 Å². The molecule has 1 fully saturated rings. The molecule has 0 bridgehead atoms. The van der Waals surface area contributed by atoms with Crippen LogP contribution < -0.4 is 4.74 Å². The lowest BCUT2D eigenvalue weighted by molar-refractivity contribution is 0.243. The van der Waals surface area contributed by atoms with E-state index in [-0.39, 0.29) is 0 Å². The summed E-state index contributed by atoms with van der Waals surface area (Å²) in [6.45, 7) is 1.89. The minimum Gasteiger partial charge on any atom is -0.467 e. The Labute approximate surface area is 117 Å². The smallest absolute Gasteiger partial charge is 0.316 e. The molecule has 3 rings (SSSR count). The fourth-order valence-corrected chi connectivity index (χ4v) is 2.60. The first kappa shape index (κ1) is 12.9. The highest BCUT2D eigenvalue weighted by molar-refractivity contribution is 5.10. The molecule has 3 heterocycles. The second kappa shape index (κ2) is 5.92. The van der Waals surface area contributed by atoms with Gasteiger partial charge in [0.15, 0.2) is 0 Å². The van der Waals surface area contributed by atoms with E-state index >= 15 is 0 Å². The van der Waals surface area contributed by atoms with Crippen LogP contribution in [-0.2, 0) is 6.54 Å². The Hall–Kier alpha value is -2.08. The molecule has 0 spiro atoms. The van der Waals surface area contributed by atoms with Gasteiger partial charge in [-0.1, -0.05) is 0 Å². The third-order valence-electron chi connectivity index (χ3n) is 3.54. The zero-order valence-electron chi connectivity index (χ0n) is 11.4. The molecule has 0 radical (unpaired) electrons. The van der Waals surface area contributed by atoms with Crippen LogP contribution in [0, 0.1) is 0 Å². The molecule has 1 saturated heterocycles. The van der Waals surface area contributed by atoms with Gasteiger partial charge in [0.2, 0.25) is 0 Å². The second-order valence-electron chi connectivity index (χ2n) is 4.84. The van der Waals surface area contributed by atoms with Gasteiger partial charge < -0.3 is 4.74 Å². The summed E-state index contributed by atoms with van der Waals surface area (Å²) in [6, 6.07) is 0.742. The maximum Gasteiger partial charge on any atom is 0.316 e. The molecular weight excluding hydrogens is 254 g/mol. The average Bonchev–Trinajstić information content (AvgIpc) is 2.97. The van der Waals surface area contributed by atoms with Crippen molar-refractivity contribution in [3.63, 3.8) is 0 Å². The highest BCUT2D eigenvalue weighted by Crippen LogP contribution is 2.31. The summed E-state index contributed by atoms with van der Waals surface area (Å²) in [5.41, 5.74) is 2.13. The van der Waals surface area contributed by atoms with E-state index in [1.165, 1.54) is 6.42 Å².